The van der Waals surface area contributed by atoms with Crippen LogP contribution in [0.15, 0.2) is 0 Å². The molecule has 0 aliphatic rings. The Hall–Kier alpha value is -0.570. The Bertz CT molecular complexity index is 192. The van der Waals surface area contributed by atoms with Crippen LogP contribution in [0, 0.1) is 5.92 Å². The van der Waals surface area contributed by atoms with E-state index in [1.165, 1.54) is 6.92 Å². The second-order valence-electron chi connectivity index (χ2n) is 3.48. The third-order valence-electron chi connectivity index (χ3n) is 1.60. The Morgan fingerprint density at radius 2 is 1.92 bits per heavy atom. The van der Waals surface area contributed by atoms with Crippen LogP contribution >= 0.6 is 11.6 Å². The van der Waals surface area contributed by atoms with E-state index in [1.54, 1.807) is 0 Å². The number of amides is 1. The first-order valence-electron chi connectivity index (χ1n) is 4.33. The number of Topliss-reactive ketones (excluding diaryl/α,β-unsaturated/α-hetero) is 1. The molecule has 3 nitrogen and oxygen atoms in total. The molecule has 13 heavy (non-hydrogen) atoms. The molecule has 0 unspecified atom stereocenters. The van der Waals surface area contributed by atoms with Crippen molar-refractivity contribution in [3.05, 3.63) is 0 Å². The van der Waals surface area contributed by atoms with Crippen LogP contribution < -0.4 is 5.32 Å². The standard InChI is InChI=1S/C9H16ClNO2/c1-6(2)4-8(9(13)5-10)11-7(3)12/h6,8H,4-5H2,1-3H3,(H,11,12)/t8-/m0/s1. The first-order chi connectivity index (χ1) is 5.97. The van der Waals surface area contributed by atoms with E-state index in [2.05, 4.69) is 5.32 Å². The fourth-order valence-electron chi connectivity index (χ4n) is 1.08. The maximum atomic E-state index is 11.2. The molecule has 0 fully saturated rings. The van der Waals surface area contributed by atoms with Crippen LogP contribution in [0.2, 0.25) is 0 Å². The minimum absolute atomic E-state index is 0.0440. The van der Waals surface area contributed by atoms with Gasteiger partial charge in [-0.05, 0) is 12.3 Å². The Labute approximate surface area is 83.8 Å². The summed E-state index contributed by atoms with van der Waals surface area (Å²) in [6.07, 6.45) is 0.644. The van der Waals surface area contributed by atoms with E-state index in [9.17, 15) is 9.59 Å². The van der Waals surface area contributed by atoms with Gasteiger partial charge in [-0.25, -0.2) is 0 Å². The van der Waals surface area contributed by atoms with Crippen LogP contribution in [0.1, 0.15) is 27.2 Å². The zero-order valence-corrected chi connectivity index (χ0v) is 9.02. The van der Waals surface area contributed by atoms with Crippen molar-refractivity contribution < 1.29 is 9.59 Å². The second-order valence-corrected chi connectivity index (χ2v) is 3.75. The molecule has 0 heterocycles. The van der Waals surface area contributed by atoms with E-state index in [0.717, 1.165) is 0 Å². The van der Waals surface area contributed by atoms with Gasteiger partial charge in [-0.15, -0.1) is 11.6 Å². The van der Waals surface area contributed by atoms with Gasteiger partial charge in [0, 0.05) is 6.92 Å². The summed E-state index contributed by atoms with van der Waals surface area (Å²) < 4.78 is 0. The van der Waals surface area contributed by atoms with Crippen LogP contribution in [-0.4, -0.2) is 23.6 Å². The molecule has 1 amide bonds. The number of carbonyl (C=O) groups excluding carboxylic acids is 2. The summed E-state index contributed by atoms with van der Waals surface area (Å²) in [4.78, 5) is 22.0. The predicted molar refractivity (Wildman–Crippen MR) is 52.8 cm³/mol. The number of hydrogen-bond donors (Lipinski definition) is 1. The van der Waals surface area contributed by atoms with Gasteiger partial charge in [0.1, 0.15) is 0 Å². The molecule has 0 aliphatic carbocycles. The first-order valence-corrected chi connectivity index (χ1v) is 4.86. The zero-order chi connectivity index (χ0) is 10.4. The second kappa shape index (κ2) is 5.97. The Kier molecular flexibility index (Phi) is 5.71. The summed E-state index contributed by atoms with van der Waals surface area (Å²) in [6.45, 7) is 5.39. The molecule has 0 bridgehead atoms. The molecule has 0 radical (unpaired) electrons. The quantitative estimate of drug-likeness (QED) is 0.689. The number of rotatable bonds is 5. The molecule has 0 aromatic rings. The zero-order valence-electron chi connectivity index (χ0n) is 8.26. The van der Waals surface area contributed by atoms with Gasteiger partial charge in [0.25, 0.3) is 0 Å². The summed E-state index contributed by atoms with van der Waals surface area (Å²) in [5, 5.41) is 2.59. The highest BCUT2D eigenvalue weighted by Gasteiger charge is 2.19. The minimum Gasteiger partial charge on any atom is -0.346 e. The molecule has 0 saturated heterocycles. The Morgan fingerprint density at radius 3 is 2.23 bits per heavy atom. The monoisotopic (exact) mass is 205 g/mol. The Balaban J connectivity index is 4.18. The number of carbonyl (C=O) groups is 2. The van der Waals surface area contributed by atoms with Gasteiger partial charge >= 0.3 is 0 Å². The molecule has 4 heteroatoms. The van der Waals surface area contributed by atoms with Crippen molar-refractivity contribution in [3.63, 3.8) is 0 Å². The highest BCUT2D eigenvalue weighted by atomic mass is 35.5. The average molecular weight is 206 g/mol. The highest BCUT2D eigenvalue weighted by Crippen LogP contribution is 2.06. The van der Waals surface area contributed by atoms with E-state index in [4.69, 9.17) is 11.6 Å². The number of ketones is 1. The third-order valence-corrected chi connectivity index (χ3v) is 1.87. The molecule has 0 spiro atoms. The minimum atomic E-state index is -0.421. The van der Waals surface area contributed by atoms with Crippen LogP contribution in [0.25, 0.3) is 0 Å². The fraction of sp³-hybridized carbons (Fsp3) is 0.778. The van der Waals surface area contributed by atoms with E-state index in [1.807, 2.05) is 13.8 Å². The number of halogens is 1. The molecule has 76 valence electrons. The summed E-state index contributed by atoms with van der Waals surface area (Å²) in [5.41, 5.74) is 0. The lowest BCUT2D eigenvalue weighted by atomic mass is 10.0. The molecule has 0 aromatic carbocycles. The largest absolute Gasteiger partial charge is 0.346 e. The lowest BCUT2D eigenvalue weighted by Crippen LogP contribution is -2.41. The van der Waals surface area contributed by atoms with Gasteiger partial charge in [-0.1, -0.05) is 13.8 Å². The molecule has 1 atom stereocenters. The van der Waals surface area contributed by atoms with Crippen molar-refractivity contribution >= 4 is 23.3 Å². The summed E-state index contributed by atoms with van der Waals surface area (Å²) in [6, 6.07) is -0.421. The average Bonchev–Trinajstić information content (AvgIpc) is 2.00. The highest BCUT2D eigenvalue weighted by molar-refractivity contribution is 6.28. The molecule has 0 aromatic heterocycles. The fourth-order valence-corrected chi connectivity index (χ4v) is 1.27. The maximum absolute atomic E-state index is 11.2. The Morgan fingerprint density at radius 1 is 1.38 bits per heavy atom. The molecular formula is C9H16ClNO2. The van der Waals surface area contributed by atoms with Crippen LogP contribution in [0.5, 0.6) is 0 Å². The van der Waals surface area contributed by atoms with E-state index in [0.29, 0.717) is 12.3 Å². The molecule has 0 aliphatic heterocycles. The van der Waals surface area contributed by atoms with Gasteiger partial charge < -0.3 is 5.32 Å². The van der Waals surface area contributed by atoms with Gasteiger partial charge in [0.2, 0.25) is 5.91 Å². The number of nitrogens with one attached hydrogen (secondary N) is 1. The van der Waals surface area contributed by atoms with E-state index < -0.39 is 6.04 Å². The topological polar surface area (TPSA) is 46.2 Å². The summed E-state index contributed by atoms with van der Waals surface area (Å²) in [7, 11) is 0. The van der Waals surface area contributed by atoms with Crippen molar-refractivity contribution in [1.29, 1.82) is 0 Å². The van der Waals surface area contributed by atoms with Gasteiger partial charge in [0.05, 0.1) is 11.9 Å². The van der Waals surface area contributed by atoms with Crippen molar-refractivity contribution in [1.82, 2.24) is 5.32 Å². The first kappa shape index (κ1) is 12.4. The van der Waals surface area contributed by atoms with Crippen LogP contribution in [-0.2, 0) is 9.59 Å². The summed E-state index contributed by atoms with van der Waals surface area (Å²) >= 11 is 5.41. The predicted octanol–water partition coefficient (Wildman–Crippen LogP) is 1.35. The van der Waals surface area contributed by atoms with Crippen molar-refractivity contribution in [2.75, 3.05) is 5.88 Å². The number of hydrogen-bond acceptors (Lipinski definition) is 2. The van der Waals surface area contributed by atoms with Crippen LogP contribution in [0.4, 0.5) is 0 Å². The van der Waals surface area contributed by atoms with Gasteiger partial charge in [-0.2, -0.15) is 0 Å². The van der Waals surface area contributed by atoms with Gasteiger partial charge in [0.15, 0.2) is 5.78 Å². The van der Waals surface area contributed by atoms with Crippen molar-refractivity contribution in [3.8, 4) is 0 Å². The van der Waals surface area contributed by atoms with Crippen molar-refractivity contribution in [2.24, 2.45) is 5.92 Å². The summed E-state index contributed by atoms with van der Waals surface area (Å²) in [5.74, 6) is 0.0104. The molecule has 0 rings (SSSR count). The normalized spacial score (nSPS) is 12.7. The van der Waals surface area contributed by atoms with E-state index in [-0.39, 0.29) is 17.6 Å². The molecule has 0 saturated carbocycles. The maximum Gasteiger partial charge on any atom is 0.217 e. The smallest absolute Gasteiger partial charge is 0.217 e. The molecular weight excluding hydrogens is 190 g/mol. The van der Waals surface area contributed by atoms with Crippen LogP contribution in [0.3, 0.4) is 0 Å². The number of alkyl halides is 1. The molecule has 1 N–H and O–H groups in total. The van der Waals surface area contributed by atoms with E-state index >= 15 is 0 Å². The lowest BCUT2D eigenvalue weighted by Gasteiger charge is -2.17. The van der Waals surface area contributed by atoms with Crippen molar-refractivity contribution in [2.45, 2.75) is 33.2 Å². The third kappa shape index (κ3) is 5.64. The lowest BCUT2D eigenvalue weighted by molar-refractivity contribution is -0.125. The van der Waals surface area contributed by atoms with Gasteiger partial charge in [-0.3, -0.25) is 9.59 Å². The SMILES string of the molecule is CC(=O)N[C@@H](CC(C)C)C(=O)CCl.